The molecule has 3 heteroatoms. The molecule has 0 bridgehead atoms. The van der Waals surface area contributed by atoms with E-state index in [9.17, 15) is 0 Å². The fraction of sp³-hybridized carbons (Fsp3) is 0.318. The Morgan fingerprint density at radius 2 is 1.80 bits per heavy atom. The van der Waals surface area contributed by atoms with Gasteiger partial charge in [0.25, 0.3) is 0 Å². The summed E-state index contributed by atoms with van der Waals surface area (Å²) in [7, 11) is 0. The van der Waals surface area contributed by atoms with Crippen LogP contribution in [0.15, 0.2) is 71.3 Å². The van der Waals surface area contributed by atoms with Crippen molar-refractivity contribution in [1.29, 1.82) is 0 Å². The van der Waals surface area contributed by atoms with Crippen LogP contribution in [0, 0.1) is 5.92 Å². The smallest absolute Gasteiger partial charge is 0.0812 e. The van der Waals surface area contributed by atoms with Crippen molar-refractivity contribution in [1.82, 2.24) is 5.01 Å². The lowest BCUT2D eigenvalue weighted by atomic mass is 9.87. The molecule has 0 N–H and O–H groups in total. The van der Waals surface area contributed by atoms with Crippen molar-refractivity contribution in [2.45, 2.75) is 19.4 Å². The summed E-state index contributed by atoms with van der Waals surface area (Å²) in [4.78, 5) is 0. The minimum atomic E-state index is 0.378. The summed E-state index contributed by atoms with van der Waals surface area (Å²) < 4.78 is 0. The van der Waals surface area contributed by atoms with Crippen molar-refractivity contribution in [3.63, 3.8) is 0 Å². The van der Waals surface area contributed by atoms with Gasteiger partial charge in [-0.3, -0.25) is 5.01 Å². The van der Waals surface area contributed by atoms with Gasteiger partial charge in [0.15, 0.2) is 0 Å². The van der Waals surface area contributed by atoms with Crippen LogP contribution in [0.3, 0.4) is 0 Å². The summed E-state index contributed by atoms with van der Waals surface area (Å²) in [6, 6.07) is 21.9. The maximum absolute atomic E-state index is 5.10. The molecule has 2 aromatic rings. The second-order valence-electron chi connectivity index (χ2n) is 6.71. The van der Waals surface area contributed by atoms with Crippen LogP contribution < -0.4 is 0 Å². The average Bonchev–Trinajstić information content (AvgIpc) is 3.03. The highest BCUT2D eigenvalue weighted by molar-refractivity contribution is 7.99. The molecule has 2 atom stereocenters. The second kappa shape index (κ2) is 7.49. The number of hydrogen-bond acceptors (Lipinski definition) is 3. The Labute approximate surface area is 154 Å². The number of hydrazone groups is 1. The van der Waals surface area contributed by atoms with E-state index in [1.165, 1.54) is 22.4 Å². The van der Waals surface area contributed by atoms with Crippen LogP contribution in [0.1, 0.15) is 30.5 Å². The largest absolute Gasteiger partial charge is 0.289 e. The topological polar surface area (TPSA) is 15.6 Å². The molecule has 25 heavy (non-hydrogen) atoms. The number of benzene rings is 2. The van der Waals surface area contributed by atoms with Gasteiger partial charge in [-0.15, -0.1) is 0 Å². The third kappa shape index (κ3) is 3.38. The summed E-state index contributed by atoms with van der Waals surface area (Å²) in [5, 5.41) is 7.44. The first-order chi connectivity index (χ1) is 12.4. The summed E-state index contributed by atoms with van der Waals surface area (Å²) in [6.07, 6.45) is 3.45. The fourth-order valence-electron chi connectivity index (χ4n) is 3.81. The zero-order valence-corrected chi connectivity index (χ0v) is 15.5. The first-order valence-electron chi connectivity index (χ1n) is 9.10. The Bertz CT molecular complexity index is 767. The van der Waals surface area contributed by atoms with Crippen molar-refractivity contribution in [3.05, 3.63) is 77.4 Å². The zero-order valence-electron chi connectivity index (χ0n) is 14.6. The number of rotatable bonds is 4. The number of nitrogens with zero attached hydrogens (tertiary/aromatic N) is 2. The van der Waals surface area contributed by atoms with E-state index in [0.29, 0.717) is 12.0 Å². The summed E-state index contributed by atoms with van der Waals surface area (Å²) in [5.41, 5.74) is 5.37. The molecule has 2 aliphatic heterocycles. The molecule has 4 rings (SSSR count). The Hall–Kier alpha value is -2.00. The van der Waals surface area contributed by atoms with Gasteiger partial charge in [-0.1, -0.05) is 67.6 Å². The molecule has 2 heterocycles. The molecule has 0 amide bonds. The van der Waals surface area contributed by atoms with Crippen molar-refractivity contribution in [2.75, 3.05) is 18.1 Å². The first-order valence-corrected chi connectivity index (χ1v) is 10.3. The van der Waals surface area contributed by atoms with Gasteiger partial charge in [-0.25, -0.2) is 0 Å². The van der Waals surface area contributed by atoms with E-state index in [-0.39, 0.29) is 0 Å². The SMILES string of the molecule is CCCN1N=C2C(=Cc3ccccc3)CSCC2C1c1ccccc1. The molecule has 2 aromatic carbocycles. The molecule has 0 radical (unpaired) electrons. The Morgan fingerprint density at radius 3 is 2.52 bits per heavy atom. The molecule has 0 aliphatic carbocycles. The van der Waals surface area contributed by atoms with E-state index >= 15 is 0 Å². The van der Waals surface area contributed by atoms with Crippen molar-refractivity contribution < 1.29 is 0 Å². The van der Waals surface area contributed by atoms with Crippen molar-refractivity contribution in [2.24, 2.45) is 11.0 Å². The third-order valence-electron chi connectivity index (χ3n) is 4.91. The molecular weight excluding hydrogens is 324 g/mol. The number of thioether (sulfide) groups is 1. The Kier molecular flexibility index (Phi) is 4.93. The van der Waals surface area contributed by atoms with Gasteiger partial charge < -0.3 is 0 Å². The average molecular weight is 349 g/mol. The van der Waals surface area contributed by atoms with E-state index in [1.807, 2.05) is 11.8 Å². The maximum Gasteiger partial charge on any atom is 0.0812 e. The van der Waals surface area contributed by atoms with Gasteiger partial charge in [0.1, 0.15) is 0 Å². The van der Waals surface area contributed by atoms with Crippen molar-refractivity contribution in [3.8, 4) is 0 Å². The van der Waals surface area contributed by atoms with Crippen LogP contribution in [-0.2, 0) is 0 Å². The molecule has 1 saturated heterocycles. The summed E-state index contributed by atoms with van der Waals surface area (Å²) in [6.45, 7) is 3.25. The predicted molar refractivity (Wildman–Crippen MR) is 109 cm³/mol. The monoisotopic (exact) mass is 348 g/mol. The minimum Gasteiger partial charge on any atom is -0.289 e. The molecule has 0 aromatic heterocycles. The standard InChI is InChI=1S/C22H24N2S/c1-2-13-24-22(18-11-7-4-8-12-18)20-16-25-15-19(21(20)23-24)14-17-9-5-3-6-10-17/h3-12,14,20,22H,2,13,15-16H2,1H3. The van der Waals surface area contributed by atoms with Crippen LogP contribution in [0.5, 0.6) is 0 Å². The summed E-state index contributed by atoms with van der Waals surface area (Å²) >= 11 is 2.04. The summed E-state index contributed by atoms with van der Waals surface area (Å²) in [5.74, 6) is 2.71. The highest BCUT2D eigenvalue weighted by Gasteiger charge is 2.41. The zero-order chi connectivity index (χ0) is 17.1. The molecular formula is C22H24N2S. The van der Waals surface area contributed by atoms with E-state index < -0.39 is 0 Å². The molecule has 2 nitrogen and oxygen atoms in total. The minimum absolute atomic E-state index is 0.378. The van der Waals surface area contributed by atoms with Crippen molar-refractivity contribution >= 4 is 23.5 Å². The lowest BCUT2D eigenvalue weighted by molar-refractivity contribution is 0.209. The van der Waals surface area contributed by atoms with Crippen LogP contribution in [0.2, 0.25) is 0 Å². The van der Waals surface area contributed by atoms with Crippen LogP contribution in [0.25, 0.3) is 6.08 Å². The van der Waals surface area contributed by atoms with Crippen LogP contribution >= 0.6 is 11.8 Å². The molecule has 128 valence electrons. The van der Waals surface area contributed by atoms with Gasteiger partial charge in [-0.05, 0) is 29.2 Å². The number of hydrogen-bond donors (Lipinski definition) is 0. The predicted octanol–water partition coefficient (Wildman–Crippen LogP) is 5.26. The van der Waals surface area contributed by atoms with E-state index in [2.05, 4.69) is 78.7 Å². The second-order valence-corrected chi connectivity index (χ2v) is 7.74. The van der Waals surface area contributed by atoms with Gasteiger partial charge in [0, 0.05) is 24.0 Å². The Morgan fingerprint density at radius 1 is 1.08 bits per heavy atom. The highest BCUT2D eigenvalue weighted by Crippen LogP contribution is 2.43. The van der Waals surface area contributed by atoms with Gasteiger partial charge in [-0.2, -0.15) is 16.9 Å². The lowest BCUT2D eigenvalue weighted by Gasteiger charge is -2.30. The fourth-order valence-corrected chi connectivity index (χ4v) is 4.98. The van der Waals surface area contributed by atoms with E-state index in [0.717, 1.165) is 24.5 Å². The molecule has 2 unspecified atom stereocenters. The Balaban J connectivity index is 1.70. The van der Waals surface area contributed by atoms with Gasteiger partial charge in [0.2, 0.25) is 0 Å². The van der Waals surface area contributed by atoms with Crippen LogP contribution in [0.4, 0.5) is 0 Å². The van der Waals surface area contributed by atoms with Gasteiger partial charge >= 0.3 is 0 Å². The van der Waals surface area contributed by atoms with E-state index in [1.54, 1.807) is 0 Å². The molecule has 0 saturated carbocycles. The lowest BCUT2D eigenvalue weighted by Crippen LogP contribution is -2.30. The van der Waals surface area contributed by atoms with Gasteiger partial charge in [0.05, 0.1) is 11.8 Å². The first kappa shape index (κ1) is 16.5. The molecule has 0 spiro atoms. The normalized spacial score (nSPS) is 24.3. The van der Waals surface area contributed by atoms with E-state index in [4.69, 9.17) is 5.10 Å². The van der Waals surface area contributed by atoms with Crippen LogP contribution in [-0.4, -0.2) is 28.8 Å². The quantitative estimate of drug-likeness (QED) is 0.749. The highest BCUT2D eigenvalue weighted by atomic mass is 32.2. The maximum atomic E-state index is 5.10. The molecule has 1 fully saturated rings. The third-order valence-corrected chi connectivity index (χ3v) is 6.02. The molecule has 2 aliphatic rings. The number of fused-ring (bicyclic) bond motifs is 1.